The van der Waals surface area contributed by atoms with Gasteiger partial charge in [0.25, 0.3) is 5.69 Å². The second kappa shape index (κ2) is 7.84. The Morgan fingerprint density at radius 2 is 1.77 bits per heavy atom. The maximum atomic E-state index is 12.3. The van der Waals surface area contributed by atoms with Gasteiger partial charge in [-0.05, 0) is 38.5 Å². The zero-order valence-corrected chi connectivity index (χ0v) is 16.1. The van der Waals surface area contributed by atoms with Gasteiger partial charge < -0.3 is 4.90 Å². The molecule has 0 heterocycles. The van der Waals surface area contributed by atoms with Crippen molar-refractivity contribution in [3.05, 3.63) is 63.7 Å². The highest BCUT2D eigenvalue weighted by Gasteiger charge is 2.23. The summed E-state index contributed by atoms with van der Waals surface area (Å²) in [6.07, 6.45) is 0. The van der Waals surface area contributed by atoms with Crippen LogP contribution >= 0.6 is 0 Å². The number of hydrogen-bond donors (Lipinski definition) is 1. The second-order valence-electron chi connectivity index (χ2n) is 6.53. The van der Waals surface area contributed by atoms with Gasteiger partial charge in [0, 0.05) is 25.7 Å². The van der Waals surface area contributed by atoms with Crippen LogP contribution in [0.4, 0.5) is 11.4 Å². The first-order valence-corrected chi connectivity index (χ1v) is 9.66. The molecule has 7 nitrogen and oxygen atoms in total. The standard InChI is InChI=1S/C18H23N3O4S/c1-13(2)19-26(24,25)16-9-10-17(18(11-16)21(22)23)20(4)12-15-7-5-14(3)6-8-15/h5-11,13,19H,12H2,1-4H3. The number of anilines is 1. The van der Waals surface area contributed by atoms with E-state index < -0.39 is 14.9 Å². The minimum absolute atomic E-state index is 0.120. The number of nitro groups is 1. The molecule has 0 aromatic heterocycles. The predicted octanol–water partition coefficient (Wildman–Crippen LogP) is 3.23. The quantitative estimate of drug-likeness (QED) is 0.591. The number of benzene rings is 2. The number of nitro benzene ring substituents is 1. The molecule has 0 amide bonds. The molecule has 0 unspecified atom stereocenters. The molecule has 0 saturated heterocycles. The Morgan fingerprint density at radius 1 is 1.15 bits per heavy atom. The molecule has 0 atom stereocenters. The molecule has 1 N–H and O–H groups in total. The molecule has 0 aliphatic carbocycles. The number of sulfonamides is 1. The van der Waals surface area contributed by atoms with Gasteiger partial charge in [-0.1, -0.05) is 29.8 Å². The van der Waals surface area contributed by atoms with Crippen molar-refractivity contribution in [3.63, 3.8) is 0 Å². The monoisotopic (exact) mass is 377 g/mol. The van der Waals surface area contributed by atoms with E-state index in [1.807, 2.05) is 31.2 Å². The van der Waals surface area contributed by atoms with E-state index in [4.69, 9.17) is 0 Å². The Labute approximate surface area is 153 Å². The first-order valence-electron chi connectivity index (χ1n) is 8.17. The van der Waals surface area contributed by atoms with Crippen LogP contribution in [-0.4, -0.2) is 26.4 Å². The third kappa shape index (κ3) is 4.80. The zero-order chi connectivity index (χ0) is 19.5. The summed E-state index contributed by atoms with van der Waals surface area (Å²) in [5.41, 5.74) is 2.26. The molecule has 0 fully saturated rings. The normalized spacial score (nSPS) is 11.6. The van der Waals surface area contributed by atoms with Gasteiger partial charge in [0.2, 0.25) is 10.0 Å². The lowest BCUT2D eigenvalue weighted by Crippen LogP contribution is -2.30. The van der Waals surface area contributed by atoms with Gasteiger partial charge in [0.15, 0.2) is 0 Å². The van der Waals surface area contributed by atoms with Gasteiger partial charge in [-0.25, -0.2) is 13.1 Å². The largest absolute Gasteiger partial charge is 0.365 e. The molecule has 0 radical (unpaired) electrons. The highest BCUT2D eigenvalue weighted by atomic mass is 32.2. The fourth-order valence-corrected chi connectivity index (χ4v) is 3.84. The van der Waals surface area contributed by atoms with Gasteiger partial charge in [0.1, 0.15) is 5.69 Å². The topological polar surface area (TPSA) is 92.6 Å². The third-order valence-corrected chi connectivity index (χ3v) is 5.45. The van der Waals surface area contributed by atoms with Crippen LogP contribution in [-0.2, 0) is 16.6 Å². The van der Waals surface area contributed by atoms with E-state index in [2.05, 4.69) is 4.72 Å². The molecule has 8 heteroatoms. The Hall–Kier alpha value is -2.45. The van der Waals surface area contributed by atoms with Crippen molar-refractivity contribution in [1.82, 2.24) is 4.72 Å². The first kappa shape index (κ1) is 19.9. The summed E-state index contributed by atoms with van der Waals surface area (Å²) in [5.74, 6) is 0. The molecule has 0 aliphatic rings. The Kier molecular flexibility index (Phi) is 5.99. The van der Waals surface area contributed by atoms with Crippen molar-refractivity contribution in [2.75, 3.05) is 11.9 Å². The predicted molar refractivity (Wildman–Crippen MR) is 102 cm³/mol. The van der Waals surface area contributed by atoms with E-state index in [-0.39, 0.29) is 16.6 Å². The van der Waals surface area contributed by atoms with Gasteiger partial charge in [-0.15, -0.1) is 0 Å². The minimum atomic E-state index is -3.79. The van der Waals surface area contributed by atoms with E-state index in [9.17, 15) is 18.5 Å². The van der Waals surface area contributed by atoms with E-state index >= 15 is 0 Å². The van der Waals surface area contributed by atoms with Gasteiger partial charge in [0.05, 0.1) is 9.82 Å². The van der Waals surface area contributed by atoms with Crippen molar-refractivity contribution < 1.29 is 13.3 Å². The lowest BCUT2D eigenvalue weighted by atomic mass is 10.1. The third-order valence-electron chi connectivity index (χ3n) is 3.80. The fourth-order valence-electron chi connectivity index (χ4n) is 2.57. The van der Waals surface area contributed by atoms with Crippen LogP contribution in [0, 0.1) is 17.0 Å². The minimum Gasteiger partial charge on any atom is -0.365 e. The van der Waals surface area contributed by atoms with Crippen molar-refractivity contribution in [2.24, 2.45) is 0 Å². The summed E-state index contributed by atoms with van der Waals surface area (Å²) in [6.45, 7) is 5.84. The number of rotatable bonds is 7. The summed E-state index contributed by atoms with van der Waals surface area (Å²) >= 11 is 0. The maximum absolute atomic E-state index is 12.3. The molecular formula is C18H23N3O4S. The number of aryl methyl sites for hydroxylation is 1. The number of nitrogens with zero attached hydrogens (tertiary/aromatic N) is 2. The van der Waals surface area contributed by atoms with Gasteiger partial charge >= 0.3 is 0 Å². The lowest BCUT2D eigenvalue weighted by molar-refractivity contribution is -0.384. The Bertz CT molecular complexity index is 893. The Balaban J connectivity index is 2.36. The van der Waals surface area contributed by atoms with Crippen LogP contribution in [0.5, 0.6) is 0 Å². The van der Waals surface area contributed by atoms with Crippen LogP contribution < -0.4 is 9.62 Å². The van der Waals surface area contributed by atoms with Crippen LogP contribution in [0.15, 0.2) is 47.4 Å². The average Bonchev–Trinajstić information content (AvgIpc) is 2.55. The summed E-state index contributed by atoms with van der Waals surface area (Å²) in [5, 5.41) is 11.5. The highest BCUT2D eigenvalue weighted by Crippen LogP contribution is 2.31. The van der Waals surface area contributed by atoms with Gasteiger partial charge in [-0.2, -0.15) is 0 Å². The fraction of sp³-hybridized carbons (Fsp3) is 0.333. The first-order chi connectivity index (χ1) is 12.1. The molecule has 0 bridgehead atoms. The molecule has 26 heavy (non-hydrogen) atoms. The molecule has 2 aromatic carbocycles. The molecule has 0 aliphatic heterocycles. The van der Waals surface area contributed by atoms with Crippen LogP contribution in [0.3, 0.4) is 0 Å². The van der Waals surface area contributed by atoms with E-state index in [1.54, 1.807) is 25.8 Å². The van der Waals surface area contributed by atoms with E-state index in [1.165, 1.54) is 12.1 Å². The number of nitrogens with one attached hydrogen (secondary N) is 1. The van der Waals surface area contributed by atoms with E-state index in [0.717, 1.165) is 17.2 Å². The van der Waals surface area contributed by atoms with Crippen molar-refractivity contribution in [2.45, 2.75) is 38.3 Å². The highest BCUT2D eigenvalue weighted by molar-refractivity contribution is 7.89. The smallest absolute Gasteiger partial charge is 0.293 e. The summed E-state index contributed by atoms with van der Waals surface area (Å²) < 4.78 is 27.0. The molecule has 2 rings (SSSR count). The molecule has 0 spiro atoms. The van der Waals surface area contributed by atoms with Gasteiger partial charge in [-0.3, -0.25) is 10.1 Å². The van der Waals surface area contributed by atoms with Crippen LogP contribution in [0.2, 0.25) is 0 Å². The van der Waals surface area contributed by atoms with Crippen molar-refractivity contribution in [3.8, 4) is 0 Å². The van der Waals surface area contributed by atoms with Crippen LogP contribution in [0.1, 0.15) is 25.0 Å². The average molecular weight is 377 g/mol. The maximum Gasteiger partial charge on any atom is 0.293 e. The Morgan fingerprint density at radius 3 is 2.31 bits per heavy atom. The van der Waals surface area contributed by atoms with Crippen molar-refractivity contribution in [1.29, 1.82) is 0 Å². The number of hydrogen-bond acceptors (Lipinski definition) is 5. The van der Waals surface area contributed by atoms with E-state index in [0.29, 0.717) is 12.2 Å². The SMILES string of the molecule is Cc1ccc(CN(C)c2ccc(S(=O)(=O)NC(C)C)cc2[N+](=O)[O-])cc1. The summed E-state index contributed by atoms with van der Waals surface area (Å²) in [6, 6.07) is 11.5. The van der Waals surface area contributed by atoms with Crippen molar-refractivity contribution >= 4 is 21.4 Å². The molecule has 140 valence electrons. The molecular weight excluding hydrogens is 354 g/mol. The summed E-state index contributed by atoms with van der Waals surface area (Å²) in [7, 11) is -2.06. The molecule has 0 saturated carbocycles. The summed E-state index contributed by atoms with van der Waals surface area (Å²) in [4.78, 5) is 12.5. The lowest BCUT2D eigenvalue weighted by Gasteiger charge is -2.20. The second-order valence-corrected chi connectivity index (χ2v) is 8.24. The van der Waals surface area contributed by atoms with Crippen LogP contribution in [0.25, 0.3) is 0 Å². The molecule has 2 aromatic rings. The zero-order valence-electron chi connectivity index (χ0n) is 15.3.